The average Bonchev–Trinajstić information content (AvgIpc) is 3.23. The summed E-state index contributed by atoms with van der Waals surface area (Å²) in [5.74, 6) is 0.810. The fourth-order valence-corrected chi connectivity index (χ4v) is 3.93. The van der Waals surface area contributed by atoms with Crippen LogP contribution in [-0.4, -0.2) is 47.5 Å². The molecule has 6 nitrogen and oxygen atoms in total. The number of rotatable bonds is 5. The Hall–Kier alpha value is -1.86. The number of hydrogen-bond acceptors (Lipinski definition) is 6. The molecule has 0 bridgehead atoms. The van der Waals surface area contributed by atoms with E-state index in [4.69, 9.17) is 4.42 Å². The number of aryl methyl sites for hydroxylation is 1. The number of anilines is 1. The van der Waals surface area contributed by atoms with Crippen LogP contribution in [0, 0.1) is 6.92 Å². The minimum atomic E-state index is -0.150. The van der Waals surface area contributed by atoms with Crippen LogP contribution in [0.4, 0.5) is 5.13 Å². The number of piperazine rings is 1. The van der Waals surface area contributed by atoms with Crippen LogP contribution in [0.3, 0.4) is 0 Å². The summed E-state index contributed by atoms with van der Waals surface area (Å²) < 4.78 is 5.25. The van der Waals surface area contributed by atoms with Gasteiger partial charge in [-0.15, -0.1) is 11.3 Å². The molecule has 1 fully saturated rings. The third kappa shape index (κ3) is 3.79. The summed E-state index contributed by atoms with van der Waals surface area (Å²) in [5, 5.41) is 6.11. The molecule has 0 unspecified atom stereocenters. The summed E-state index contributed by atoms with van der Waals surface area (Å²) in [6.07, 6.45) is 1.62. The van der Waals surface area contributed by atoms with Crippen molar-refractivity contribution in [1.82, 2.24) is 15.2 Å². The molecule has 1 aliphatic rings. The van der Waals surface area contributed by atoms with E-state index in [0.717, 1.165) is 36.2 Å². The van der Waals surface area contributed by atoms with Gasteiger partial charge in [0, 0.05) is 31.1 Å². The summed E-state index contributed by atoms with van der Waals surface area (Å²) in [6, 6.07) is 3.88. The van der Waals surface area contributed by atoms with Crippen molar-refractivity contribution in [3.05, 3.63) is 35.2 Å². The van der Waals surface area contributed by atoms with Gasteiger partial charge in [-0.3, -0.25) is 9.69 Å². The number of carbonyl (C=O) groups is 1. The maximum Gasteiger partial charge on any atom is 0.237 e. The van der Waals surface area contributed by atoms with E-state index in [-0.39, 0.29) is 11.9 Å². The van der Waals surface area contributed by atoms with Gasteiger partial charge in [0.1, 0.15) is 5.76 Å². The Labute approximate surface area is 146 Å². The Balaban J connectivity index is 1.53. The van der Waals surface area contributed by atoms with E-state index in [1.165, 1.54) is 0 Å². The molecule has 1 aliphatic heterocycles. The van der Waals surface area contributed by atoms with Crippen molar-refractivity contribution in [3.63, 3.8) is 0 Å². The number of nitrogens with zero attached hydrogens (tertiary/aromatic N) is 3. The van der Waals surface area contributed by atoms with Crippen LogP contribution in [-0.2, 0) is 11.3 Å². The number of furan rings is 1. The summed E-state index contributed by atoms with van der Waals surface area (Å²) in [5.41, 5.74) is 1.07. The van der Waals surface area contributed by atoms with E-state index in [9.17, 15) is 4.79 Å². The highest BCUT2D eigenvalue weighted by Crippen LogP contribution is 2.25. The quantitative estimate of drug-likeness (QED) is 0.898. The zero-order valence-corrected chi connectivity index (χ0v) is 15.2. The Morgan fingerprint density at radius 2 is 2.38 bits per heavy atom. The van der Waals surface area contributed by atoms with Crippen molar-refractivity contribution < 1.29 is 9.21 Å². The molecule has 2 aromatic rings. The first-order valence-electron chi connectivity index (χ1n) is 8.27. The highest BCUT2D eigenvalue weighted by molar-refractivity contribution is 7.13. The molecule has 0 radical (unpaired) electrons. The first kappa shape index (κ1) is 17.0. The van der Waals surface area contributed by atoms with Crippen molar-refractivity contribution in [1.29, 1.82) is 0 Å². The molecule has 1 saturated heterocycles. The van der Waals surface area contributed by atoms with Crippen LogP contribution in [0.5, 0.6) is 0 Å². The first-order valence-corrected chi connectivity index (χ1v) is 9.15. The Bertz CT molecular complexity index is 670. The molecule has 2 aromatic heterocycles. The van der Waals surface area contributed by atoms with Gasteiger partial charge in [0.15, 0.2) is 5.13 Å². The molecular weight excluding hydrogens is 324 g/mol. The van der Waals surface area contributed by atoms with Crippen LogP contribution in [0.25, 0.3) is 0 Å². The molecule has 2 atom stereocenters. The number of amides is 1. The van der Waals surface area contributed by atoms with Gasteiger partial charge in [-0.2, -0.15) is 0 Å². The van der Waals surface area contributed by atoms with Gasteiger partial charge in [-0.05, 0) is 32.9 Å². The first-order chi connectivity index (χ1) is 11.5. The van der Waals surface area contributed by atoms with Gasteiger partial charge < -0.3 is 14.6 Å². The van der Waals surface area contributed by atoms with Crippen LogP contribution < -0.4 is 10.2 Å². The van der Waals surface area contributed by atoms with Gasteiger partial charge in [0.05, 0.1) is 24.5 Å². The Kier molecular flexibility index (Phi) is 5.20. The highest BCUT2D eigenvalue weighted by Gasteiger charge is 2.30. The van der Waals surface area contributed by atoms with E-state index in [0.29, 0.717) is 12.6 Å². The average molecular weight is 348 g/mol. The number of carbonyl (C=O) groups excluding carboxylic acids is 1. The monoisotopic (exact) mass is 348 g/mol. The molecule has 130 valence electrons. The van der Waals surface area contributed by atoms with Gasteiger partial charge in [-0.1, -0.05) is 0 Å². The molecule has 0 spiro atoms. The summed E-state index contributed by atoms with van der Waals surface area (Å²) >= 11 is 1.69. The van der Waals surface area contributed by atoms with Gasteiger partial charge in [0.2, 0.25) is 5.91 Å². The van der Waals surface area contributed by atoms with Crippen molar-refractivity contribution in [2.75, 3.05) is 24.5 Å². The molecule has 1 amide bonds. The topological polar surface area (TPSA) is 61.6 Å². The maximum absolute atomic E-state index is 12.4. The zero-order chi connectivity index (χ0) is 17.1. The molecule has 24 heavy (non-hydrogen) atoms. The van der Waals surface area contributed by atoms with Crippen molar-refractivity contribution in [3.8, 4) is 0 Å². The summed E-state index contributed by atoms with van der Waals surface area (Å²) in [4.78, 5) is 21.5. The fraction of sp³-hybridized carbons (Fsp3) is 0.529. The SMILES string of the molecule is Cc1csc(N2CCN([C@@H](C)C(=O)NCc3ccco3)C[C@H]2C)n1. The molecule has 7 heteroatoms. The predicted molar refractivity (Wildman–Crippen MR) is 95.2 cm³/mol. The molecule has 1 N–H and O–H groups in total. The second-order valence-corrected chi connectivity index (χ2v) is 7.12. The van der Waals surface area contributed by atoms with Crippen molar-refractivity contribution >= 4 is 22.4 Å². The largest absolute Gasteiger partial charge is 0.467 e. The maximum atomic E-state index is 12.4. The predicted octanol–water partition coefficient (Wildman–Crippen LogP) is 2.26. The highest BCUT2D eigenvalue weighted by atomic mass is 32.1. The third-order valence-corrected chi connectivity index (χ3v) is 5.45. The van der Waals surface area contributed by atoms with Gasteiger partial charge in [-0.25, -0.2) is 4.98 Å². The Morgan fingerprint density at radius 3 is 3.00 bits per heavy atom. The fourth-order valence-electron chi connectivity index (χ4n) is 3.00. The lowest BCUT2D eigenvalue weighted by atomic mass is 10.1. The smallest absolute Gasteiger partial charge is 0.237 e. The van der Waals surface area contributed by atoms with E-state index >= 15 is 0 Å². The van der Waals surface area contributed by atoms with Crippen molar-refractivity contribution in [2.45, 2.75) is 39.4 Å². The van der Waals surface area contributed by atoms with E-state index in [1.807, 2.05) is 26.0 Å². The standard InChI is InChI=1S/C17H24N4O2S/c1-12-11-24-17(19-12)21-7-6-20(10-13(21)2)14(3)16(22)18-9-15-5-4-8-23-15/h4-5,8,11,13-14H,6-7,9-10H2,1-3H3,(H,18,22)/t13-,14+/m1/s1. The van der Waals surface area contributed by atoms with Gasteiger partial charge in [0.25, 0.3) is 0 Å². The molecular formula is C17H24N4O2S. The minimum Gasteiger partial charge on any atom is -0.467 e. The number of hydrogen-bond donors (Lipinski definition) is 1. The summed E-state index contributed by atoms with van der Waals surface area (Å²) in [6.45, 7) is 9.22. The lowest BCUT2D eigenvalue weighted by Crippen LogP contribution is -2.57. The molecule has 3 heterocycles. The van der Waals surface area contributed by atoms with E-state index in [2.05, 4.69) is 32.4 Å². The van der Waals surface area contributed by atoms with Crippen LogP contribution >= 0.6 is 11.3 Å². The van der Waals surface area contributed by atoms with Crippen LogP contribution in [0.15, 0.2) is 28.2 Å². The molecule has 0 aliphatic carbocycles. The lowest BCUT2D eigenvalue weighted by molar-refractivity contribution is -0.126. The second-order valence-electron chi connectivity index (χ2n) is 6.28. The lowest BCUT2D eigenvalue weighted by Gasteiger charge is -2.41. The summed E-state index contributed by atoms with van der Waals surface area (Å²) in [7, 11) is 0. The number of thiazole rings is 1. The van der Waals surface area contributed by atoms with Gasteiger partial charge >= 0.3 is 0 Å². The normalized spacial score (nSPS) is 20.1. The number of nitrogens with one attached hydrogen (secondary N) is 1. The van der Waals surface area contributed by atoms with E-state index in [1.54, 1.807) is 17.6 Å². The minimum absolute atomic E-state index is 0.0390. The zero-order valence-electron chi connectivity index (χ0n) is 14.4. The Morgan fingerprint density at radius 1 is 1.54 bits per heavy atom. The van der Waals surface area contributed by atoms with Crippen LogP contribution in [0.1, 0.15) is 25.3 Å². The second kappa shape index (κ2) is 7.36. The van der Waals surface area contributed by atoms with Crippen molar-refractivity contribution in [2.24, 2.45) is 0 Å². The number of aromatic nitrogens is 1. The molecule has 3 rings (SSSR count). The van der Waals surface area contributed by atoms with E-state index < -0.39 is 0 Å². The molecule has 0 saturated carbocycles. The third-order valence-electron chi connectivity index (χ3n) is 4.46. The molecule has 0 aromatic carbocycles. The van der Waals surface area contributed by atoms with Crippen LogP contribution in [0.2, 0.25) is 0 Å².